The van der Waals surface area contributed by atoms with E-state index < -0.39 is 0 Å². The van der Waals surface area contributed by atoms with E-state index in [0.29, 0.717) is 0 Å². The molecule has 0 saturated heterocycles. The van der Waals surface area contributed by atoms with Crippen LogP contribution in [0.5, 0.6) is 0 Å². The van der Waals surface area contributed by atoms with Crippen molar-refractivity contribution in [1.29, 1.82) is 0 Å². The summed E-state index contributed by atoms with van der Waals surface area (Å²) in [7, 11) is 0. The van der Waals surface area contributed by atoms with E-state index in [4.69, 9.17) is 5.11 Å². The van der Waals surface area contributed by atoms with Gasteiger partial charge in [0, 0.05) is 12.5 Å². The smallest absolute Gasteiger partial charge is 0.127 e. The molecule has 1 aliphatic carbocycles. The Balaban J connectivity index is 2.48. The van der Waals surface area contributed by atoms with Gasteiger partial charge in [-0.2, -0.15) is 0 Å². The molecule has 0 fully saturated rings. The van der Waals surface area contributed by atoms with Gasteiger partial charge in [0.25, 0.3) is 0 Å². The molecule has 0 spiro atoms. The Kier molecular flexibility index (Phi) is 2.01. The van der Waals surface area contributed by atoms with Crippen molar-refractivity contribution in [2.75, 3.05) is 6.61 Å². The van der Waals surface area contributed by atoms with Crippen molar-refractivity contribution >= 4 is 6.29 Å². The predicted molar refractivity (Wildman–Crippen MR) is 33.9 cm³/mol. The highest BCUT2D eigenvalue weighted by Crippen LogP contribution is 2.22. The highest BCUT2D eigenvalue weighted by molar-refractivity contribution is 5.58. The van der Waals surface area contributed by atoms with Gasteiger partial charge in [-0.25, -0.2) is 0 Å². The van der Waals surface area contributed by atoms with Crippen LogP contribution in [-0.2, 0) is 4.79 Å². The molecule has 1 rings (SSSR count). The van der Waals surface area contributed by atoms with E-state index in [1.54, 1.807) is 0 Å². The van der Waals surface area contributed by atoms with Crippen LogP contribution in [0.3, 0.4) is 0 Å². The van der Waals surface area contributed by atoms with E-state index in [1.165, 1.54) is 0 Å². The minimum Gasteiger partial charge on any atom is -0.396 e. The number of hydrogen-bond donors (Lipinski definition) is 1. The second-order valence-electron chi connectivity index (χ2n) is 2.32. The first-order valence-electron chi connectivity index (χ1n) is 3.11. The Morgan fingerprint density at radius 2 is 2.56 bits per heavy atom. The van der Waals surface area contributed by atoms with Crippen molar-refractivity contribution < 1.29 is 9.90 Å². The fourth-order valence-corrected chi connectivity index (χ4v) is 1.08. The molecule has 2 heteroatoms. The molecule has 0 aliphatic heterocycles. The normalized spacial score (nSPS) is 33.0. The number of aliphatic hydroxyl groups excluding tert-OH is 1. The van der Waals surface area contributed by atoms with Crippen LogP contribution in [0.15, 0.2) is 12.2 Å². The second kappa shape index (κ2) is 2.78. The zero-order valence-electron chi connectivity index (χ0n) is 5.16. The minimum absolute atomic E-state index is 0.0324. The first kappa shape index (κ1) is 6.49. The van der Waals surface area contributed by atoms with Gasteiger partial charge >= 0.3 is 0 Å². The summed E-state index contributed by atoms with van der Waals surface area (Å²) in [5, 5.41) is 8.67. The van der Waals surface area contributed by atoms with Crippen LogP contribution in [0.25, 0.3) is 0 Å². The van der Waals surface area contributed by atoms with E-state index in [0.717, 1.165) is 12.7 Å². The molecule has 0 radical (unpaired) electrons. The Bertz CT molecular complexity index is 129. The Labute approximate surface area is 54.2 Å². The van der Waals surface area contributed by atoms with Crippen molar-refractivity contribution in [2.24, 2.45) is 11.8 Å². The van der Waals surface area contributed by atoms with Crippen LogP contribution >= 0.6 is 0 Å². The van der Waals surface area contributed by atoms with Crippen molar-refractivity contribution in [3.8, 4) is 0 Å². The molecule has 0 aromatic carbocycles. The quantitative estimate of drug-likeness (QED) is 0.428. The van der Waals surface area contributed by atoms with Gasteiger partial charge in [-0.3, -0.25) is 0 Å². The molecule has 9 heavy (non-hydrogen) atoms. The summed E-state index contributed by atoms with van der Waals surface area (Å²) in [5.74, 6) is 0.123. The molecule has 0 unspecified atom stereocenters. The standard InChI is InChI=1S/C7H10O2/c8-4-6-2-1-3-7(6)5-9/h1-2,4,6-7,9H,3,5H2/t6-,7+/m1/s1. The Hall–Kier alpha value is -0.630. The lowest BCUT2D eigenvalue weighted by Gasteiger charge is -2.08. The summed E-state index contributed by atoms with van der Waals surface area (Å²) in [6.45, 7) is 0.121. The zero-order chi connectivity index (χ0) is 6.69. The Morgan fingerprint density at radius 3 is 3.00 bits per heavy atom. The van der Waals surface area contributed by atoms with Gasteiger partial charge in [-0.1, -0.05) is 12.2 Å². The monoisotopic (exact) mass is 126 g/mol. The lowest BCUT2D eigenvalue weighted by atomic mass is 9.98. The largest absolute Gasteiger partial charge is 0.396 e. The third-order valence-corrected chi connectivity index (χ3v) is 1.73. The molecule has 0 amide bonds. The predicted octanol–water partition coefficient (Wildman–Crippen LogP) is 0.370. The number of carbonyl (C=O) groups excluding carboxylic acids is 1. The average molecular weight is 126 g/mol. The summed E-state index contributed by atoms with van der Waals surface area (Å²) in [6.07, 6.45) is 5.54. The number of aliphatic hydroxyl groups is 1. The molecule has 0 saturated carbocycles. The molecule has 0 bridgehead atoms. The molecule has 1 aliphatic rings. The first-order valence-corrected chi connectivity index (χ1v) is 3.11. The van der Waals surface area contributed by atoms with E-state index in [1.807, 2.05) is 12.2 Å². The van der Waals surface area contributed by atoms with Crippen LogP contribution < -0.4 is 0 Å². The average Bonchev–Trinajstić information content (AvgIpc) is 2.33. The first-order chi connectivity index (χ1) is 4.38. The molecule has 50 valence electrons. The summed E-state index contributed by atoms with van der Waals surface area (Å²) in [5.41, 5.74) is 0. The topological polar surface area (TPSA) is 37.3 Å². The summed E-state index contributed by atoms with van der Waals surface area (Å²) in [4.78, 5) is 10.2. The van der Waals surface area contributed by atoms with Crippen LogP contribution in [0.1, 0.15) is 6.42 Å². The van der Waals surface area contributed by atoms with Crippen molar-refractivity contribution in [3.63, 3.8) is 0 Å². The molecule has 0 aromatic heterocycles. The van der Waals surface area contributed by atoms with E-state index in [9.17, 15) is 4.79 Å². The molecule has 1 N–H and O–H groups in total. The maximum atomic E-state index is 10.2. The summed E-state index contributed by atoms with van der Waals surface area (Å²) < 4.78 is 0. The van der Waals surface area contributed by atoms with Gasteiger partial charge < -0.3 is 9.90 Å². The zero-order valence-corrected chi connectivity index (χ0v) is 5.16. The fraction of sp³-hybridized carbons (Fsp3) is 0.571. The van der Waals surface area contributed by atoms with E-state index in [2.05, 4.69) is 0 Å². The summed E-state index contributed by atoms with van der Waals surface area (Å²) >= 11 is 0. The molecule has 2 nitrogen and oxygen atoms in total. The number of rotatable bonds is 2. The highest BCUT2D eigenvalue weighted by atomic mass is 16.3. The number of aldehydes is 1. The van der Waals surface area contributed by atoms with E-state index >= 15 is 0 Å². The van der Waals surface area contributed by atoms with Crippen molar-refractivity contribution in [3.05, 3.63) is 12.2 Å². The maximum Gasteiger partial charge on any atom is 0.127 e. The fourth-order valence-electron chi connectivity index (χ4n) is 1.08. The van der Waals surface area contributed by atoms with Gasteiger partial charge in [0.2, 0.25) is 0 Å². The van der Waals surface area contributed by atoms with Crippen LogP contribution in [0, 0.1) is 11.8 Å². The number of carbonyl (C=O) groups is 1. The van der Waals surface area contributed by atoms with E-state index in [-0.39, 0.29) is 18.4 Å². The van der Waals surface area contributed by atoms with Crippen LogP contribution in [0.4, 0.5) is 0 Å². The van der Waals surface area contributed by atoms with Crippen LogP contribution in [-0.4, -0.2) is 18.0 Å². The summed E-state index contributed by atoms with van der Waals surface area (Å²) in [6, 6.07) is 0. The Morgan fingerprint density at radius 1 is 1.78 bits per heavy atom. The second-order valence-corrected chi connectivity index (χ2v) is 2.32. The number of allylic oxidation sites excluding steroid dienone is 2. The lowest BCUT2D eigenvalue weighted by Crippen LogP contribution is -2.12. The van der Waals surface area contributed by atoms with Crippen LogP contribution in [0.2, 0.25) is 0 Å². The van der Waals surface area contributed by atoms with Crippen molar-refractivity contribution in [1.82, 2.24) is 0 Å². The maximum absolute atomic E-state index is 10.2. The highest BCUT2D eigenvalue weighted by Gasteiger charge is 2.20. The molecular formula is C7H10O2. The lowest BCUT2D eigenvalue weighted by molar-refractivity contribution is -0.111. The van der Waals surface area contributed by atoms with Gasteiger partial charge in [-0.15, -0.1) is 0 Å². The van der Waals surface area contributed by atoms with Gasteiger partial charge in [0.05, 0.1) is 0 Å². The SMILES string of the molecule is O=C[C@H]1C=CC[C@H]1CO. The molecule has 0 heterocycles. The molecular weight excluding hydrogens is 116 g/mol. The molecule has 2 atom stereocenters. The number of hydrogen-bond acceptors (Lipinski definition) is 2. The van der Waals surface area contributed by atoms with Crippen molar-refractivity contribution in [2.45, 2.75) is 6.42 Å². The molecule has 0 aromatic rings. The van der Waals surface area contributed by atoms with Gasteiger partial charge in [0.1, 0.15) is 6.29 Å². The van der Waals surface area contributed by atoms with Gasteiger partial charge in [-0.05, 0) is 12.3 Å². The van der Waals surface area contributed by atoms with Gasteiger partial charge in [0.15, 0.2) is 0 Å². The third-order valence-electron chi connectivity index (χ3n) is 1.73. The third kappa shape index (κ3) is 1.19. The minimum atomic E-state index is -0.0324.